The number of halogens is 1. The summed E-state index contributed by atoms with van der Waals surface area (Å²) in [4.78, 5) is 29.4. The van der Waals surface area contributed by atoms with Gasteiger partial charge in [0.25, 0.3) is 11.7 Å². The van der Waals surface area contributed by atoms with Crippen molar-refractivity contribution in [1.82, 2.24) is 9.80 Å². The van der Waals surface area contributed by atoms with Crippen LogP contribution in [0.2, 0.25) is 0 Å². The largest absolute Gasteiger partial charge is 0.507 e. The van der Waals surface area contributed by atoms with E-state index in [0.29, 0.717) is 18.5 Å². The Morgan fingerprint density at radius 2 is 1.67 bits per heavy atom. The minimum Gasteiger partial charge on any atom is -0.507 e. The minimum absolute atomic E-state index is 0.0702. The highest BCUT2D eigenvalue weighted by Gasteiger charge is 2.46. The van der Waals surface area contributed by atoms with Crippen LogP contribution in [0.1, 0.15) is 37.4 Å². The fourth-order valence-electron chi connectivity index (χ4n) is 3.89. The molecule has 2 aromatic rings. The molecule has 1 atom stereocenters. The van der Waals surface area contributed by atoms with Crippen molar-refractivity contribution in [3.63, 3.8) is 0 Å². The number of aliphatic hydroxyl groups excluding tert-OH is 1. The summed E-state index contributed by atoms with van der Waals surface area (Å²) in [5, 5.41) is 10.9. The molecule has 0 radical (unpaired) electrons. The second-order valence-electron chi connectivity index (χ2n) is 7.26. The molecule has 2 aromatic carbocycles. The maximum Gasteiger partial charge on any atom is 0.295 e. The summed E-state index contributed by atoms with van der Waals surface area (Å²) < 4.78 is 14.7. The molecule has 1 heterocycles. The van der Waals surface area contributed by atoms with Crippen LogP contribution in [0.3, 0.4) is 0 Å². The number of Topliss-reactive ketones (excluding diaryl/α,β-unsaturated/α-hetero) is 1. The van der Waals surface area contributed by atoms with E-state index < -0.39 is 23.5 Å². The lowest BCUT2D eigenvalue weighted by atomic mass is 9.95. The Kier molecular flexibility index (Phi) is 7.00. The topological polar surface area (TPSA) is 60.9 Å². The Morgan fingerprint density at radius 3 is 2.30 bits per heavy atom. The molecule has 1 aliphatic heterocycles. The van der Waals surface area contributed by atoms with Crippen LogP contribution in [0, 0.1) is 5.82 Å². The van der Waals surface area contributed by atoms with Crippen molar-refractivity contribution in [2.75, 3.05) is 26.2 Å². The van der Waals surface area contributed by atoms with Crippen LogP contribution in [0.15, 0.2) is 60.2 Å². The third kappa shape index (κ3) is 4.28. The van der Waals surface area contributed by atoms with Crippen molar-refractivity contribution >= 4 is 17.4 Å². The Balaban J connectivity index is 2.03. The molecule has 5 nitrogen and oxygen atoms in total. The number of rotatable bonds is 8. The highest BCUT2D eigenvalue weighted by Crippen LogP contribution is 2.40. The summed E-state index contributed by atoms with van der Waals surface area (Å²) in [6.07, 6.45) is 0.644. The van der Waals surface area contributed by atoms with Gasteiger partial charge in [0.15, 0.2) is 0 Å². The number of hydrogen-bond donors (Lipinski definition) is 1. The number of ketones is 1. The monoisotopic (exact) mass is 410 g/mol. The zero-order valence-electron chi connectivity index (χ0n) is 17.3. The molecule has 1 saturated heterocycles. The van der Waals surface area contributed by atoms with E-state index in [0.717, 1.165) is 19.6 Å². The second kappa shape index (κ2) is 9.67. The van der Waals surface area contributed by atoms with Gasteiger partial charge >= 0.3 is 0 Å². The van der Waals surface area contributed by atoms with E-state index in [-0.39, 0.29) is 16.9 Å². The van der Waals surface area contributed by atoms with E-state index in [1.54, 1.807) is 48.5 Å². The van der Waals surface area contributed by atoms with Crippen LogP contribution >= 0.6 is 0 Å². The van der Waals surface area contributed by atoms with Gasteiger partial charge in [-0.2, -0.15) is 0 Å². The standard InChI is InChI=1S/C24H27FN2O3/c1-3-26(4-2)15-10-16-27-21(18-13-8-9-14-19(18)25)20(23(29)24(27)30)22(28)17-11-6-5-7-12-17/h5-9,11-14,21,28H,3-4,10,15-16H2,1-2H3/b22-20-. The van der Waals surface area contributed by atoms with Gasteiger partial charge < -0.3 is 14.9 Å². The third-order valence-corrected chi connectivity index (χ3v) is 5.55. The smallest absolute Gasteiger partial charge is 0.295 e. The van der Waals surface area contributed by atoms with Crippen LogP contribution in [-0.2, 0) is 9.59 Å². The molecule has 0 aromatic heterocycles. The Morgan fingerprint density at radius 1 is 1.03 bits per heavy atom. The SMILES string of the molecule is CCN(CC)CCCN1C(=O)C(=O)/C(=C(\O)c2ccccc2)C1c1ccccc1F. The summed E-state index contributed by atoms with van der Waals surface area (Å²) in [5.74, 6) is -2.29. The molecule has 1 fully saturated rings. The van der Waals surface area contributed by atoms with Gasteiger partial charge in [-0.05, 0) is 32.1 Å². The van der Waals surface area contributed by atoms with E-state index >= 15 is 0 Å². The first-order chi connectivity index (χ1) is 14.5. The molecule has 6 heteroatoms. The molecule has 0 spiro atoms. The lowest BCUT2D eigenvalue weighted by molar-refractivity contribution is -0.140. The minimum atomic E-state index is -0.955. The van der Waals surface area contributed by atoms with Gasteiger partial charge in [-0.15, -0.1) is 0 Å². The highest BCUT2D eigenvalue weighted by atomic mass is 19.1. The summed E-state index contributed by atoms with van der Waals surface area (Å²) in [5.41, 5.74) is 0.552. The van der Waals surface area contributed by atoms with Crippen molar-refractivity contribution in [1.29, 1.82) is 0 Å². The van der Waals surface area contributed by atoms with Crippen LogP contribution in [0.25, 0.3) is 5.76 Å². The number of aliphatic hydroxyl groups is 1. The van der Waals surface area contributed by atoms with Gasteiger partial charge in [0.05, 0.1) is 11.6 Å². The van der Waals surface area contributed by atoms with E-state index in [1.807, 2.05) is 0 Å². The predicted octanol–water partition coefficient (Wildman–Crippen LogP) is 3.98. The third-order valence-electron chi connectivity index (χ3n) is 5.55. The van der Waals surface area contributed by atoms with Crippen molar-refractivity contribution in [2.45, 2.75) is 26.3 Å². The molecule has 1 aliphatic rings. The fraction of sp³-hybridized carbons (Fsp3) is 0.333. The van der Waals surface area contributed by atoms with Crippen LogP contribution in [-0.4, -0.2) is 52.8 Å². The van der Waals surface area contributed by atoms with E-state index in [4.69, 9.17) is 0 Å². The predicted molar refractivity (Wildman–Crippen MR) is 114 cm³/mol. The van der Waals surface area contributed by atoms with Crippen molar-refractivity contribution in [3.8, 4) is 0 Å². The van der Waals surface area contributed by atoms with Crippen LogP contribution < -0.4 is 0 Å². The molecule has 0 saturated carbocycles. The van der Waals surface area contributed by atoms with E-state index in [2.05, 4.69) is 18.7 Å². The van der Waals surface area contributed by atoms with Crippen molar-refractivity contribution in [3.05, 3.63) is 77.1 Å². The van der Waals surface area contributed by atoms with Crippen LogP contribution in [0.4, 0.5) is 4.39 Å². The van der Waals surface area contributed by atoms with Crippen molar-refractivity contribution < 1.29 is 19.1 Å². The molecule has 1 amide bonds. The molecule has 30 heavy (non-hydrogen) atoms. The fourth-order valence-corrected chi connectivity index (χ4v) is 3.89. The molecule has 0 aliphatic carbocycles. The highest BCUT2D eigenvalue weighted by molar-refractivity contribution is 6.46. The zero-order chi connectivity index (χ0) is 21.7. The normalized spacial score (nSPS) is 18.4. The van der Waals surface area contributed by atoms with Crippen molar-refractivity contribution in [2.24, 2.45) is 0 Å². The molecular weight excluding hydrogens is 383 g/mol. The lowest BCUT2D eigenvalue weighted by Gasteiger charge is -2.27. The van der Waals surface area contributed by atoms with Gasteiger partial charge in [-0.1, -0.05) is 62.4 Å². The number of likely N-dealkylation sites (tertiary alicyclic amines) is 1. The second-order valence-corrected chi connectivity index (χ2v) is 7.26. The number of carbonyl (C=O) groups excluding carboxylic acids is 2. The molecule has 1 unspecified atom stereocenters. The van der Waals surface area contributed by atoms with Gasteiger partial charge in [0.1, 0.15) is 11.6 Å². The Hall–Kier alpha value is -2.99. The van der Waals surface area contributed by atoms with E-state index in [1.165, 1.54) is 11.0 Å². The number of hydrogen-bond acceptors (Lipinski definition) is 4. The summed E-state index contributed by atoms with van der Waals surface area (Å²) >= 11 is 0. The quantitative estimate of drug-likeness (QED) is 0.406. The average molecular weight is 410 g/mol. The van der Waals surface area contributed by atoms with Gasteiger partial charge in [0.2, 0.25) is 0 Å². The number of benzene rings is 2. The Labute approximate surface area is 176 Å². The zero-order valence-corrected chi connectivity index (χ0v) is 17.3. The first-order valence-electron chi connectivity index (χ1n) is 10.3. The van der Waals surface area contributed by atoms with Gasteiger partial charge in [-0.25, -0.2) is 4.39 Å². The average Bonchev–Trinajstić information content (AvgIpc) is 3.02. The lowest BCUT2D eigenvalue weighted by Crippen LogP contribution is -2.33. The maximum atomic E-state index is 14.7. The first kappa shape index (κ1) is 21.7. The van der Waals surface area contributed by atoms with E-state index in [9.17, 15) is 19.1 Å². The maximum absolute atomic E-state index is 14.7. The van der Waals surface area contributed by atoms with Gasteiger partial charge in [0, 0.05) is 17.7 Å². The number of nitrogens with zero attached hydrogens (tertiary/aromatic N) is 2. The van der Waals surface area contributed by atoms with Gasteiger partial charge in [-0.3, -0.25) is 9.59 Å². The number of carbonyl (C=O) groups is 2. The summed E-state index contributed by atoms with van der Waals surface area (Å²) in [6, 6.07) is 13.7. The summed E-state index contributed by atoms with van der Waals surface area (Å²) in [7, 11) is 0. The molecule has 0 bridgehead atoms. The van der Waals surface area contributed by atoms with Crippen LogP contribution in [0.5, 0.6) is 0 Å². The summed E-state index contributed by atoms with van der Waals surface area (Å²) in [6.45, 7) is 6.97. The molecular formula is C24H27FN2O3. The molecule has 158 valence electrons. The Bertz CT molecular complexity index is 938. The molecule has 3 rings (SSSR count). The molecule has 1 N–H and O–H groups in total. The number of amides is 1. The first-order valence-corrected chi connectivity index (χ1v) is 10.3.